The molecule has 0 aromatic carbocycles. The number of rotatable bonds is 5. The predicted molar refractivity (Wildman–Crippen MR) is 73.5 cm³/mol. The highest BCUT2D eigenvalue weighted by Crippen LogP contribution is 2.13. The Morgan fingerprint density at radius 3 is 2.95 bits per heavy atom. The summed E-state index contributed by atoms with van der Waals surface area (Å²) in [5.41, 5.74) is 5.55. The van der Waals surface area contributed by atoms with E-state index < -0.39 is 0 Å². The lowest BCUT2D eigenvalue weighted by atomic mass is 10.3. The van der Waals surface area contributed by atoms with Crippen molar-refractivity contribution >= 4 is 17.7 Å². The lowest BCUT2D eigenvalue weighted by Crippen LogP contribution is -2.41. The van der Waals surface area contributed by atoms with E-state index >= 15 is 0 Å². The summed E-state index contributed by atoms with van der Waals surface area (Å²) in [4.78, 5) is 21.6. The Balaban J connectivity index is 1.80. The molecule has 0 aliphatic carbocycles. The van der Waals surface area contributed by atoms with E-state index in [1.807, 2.05) is 0 Å². The molecule has 0 radical (unpaired) electrons. The third-order valence-electron chi connectivity index (χ3n) is 2.94. The van der Waals surface area contributed by atoms with Crippen LogP contribution in [-0.4, -0.2) is 60.7 Å². The van der Waals surface area contributed by atoms with Gasteiger partial charge in [0.1, 0.15) is 5.82 Å². The molecule has 0 unspecified atom stereocenters. The summed E-state index contributed by atoms with van der Waals surface area (Å²) in [6, 6.07) is 1.63. The van der Waals surface area contributed by atoms with Crippen molar-refractivity contribution in [2.24, 2.45) is 0 Å². The SMILES string of the molecule is COc1cc(NCCC(=O)N2CCOCC2)nc(N)n1. The molecule has 0 spiro atoms. The van der Waals surface area contributed by atoms with Crippen LogP contribution in [-0.2, 0) is 9.53 Å². The number of methoxy groups -OCH3 is 1. The summed E-state index contributed by atoms with van der Waals surface area (Å²) in [7, 11) is 1.51. The summed E-state index contributed by atoms with van der Waals surface area (Å²) < 4.78 is 10.2. The van der Waals surface area contributed by atoms with E-state index in [0.717, 1.165) is 0 Å². The van der Waals surface area contributed by atoms with Crippen LogP contribution in [0.25, 0.3) is 0 Å². The molecule has 8 nitrogen and oxygen atoms in total. The van der Waals surface area contributed by atoms with E-state index in [-0.39, 0.29) is 11.9 Å². The number of nitrogens with one attached hydrogen (secondary N) is 1. The van der Waals surface area contributed by atoms with E-state index in [0.29, 0.717) is 51.0 Å². The van der Waals surface area contributed by atoms with Gasteiger partial charge in [-0.3, -0.25) is 4.79 Å². The van der Waals surface area contributed by atoms with Crippen molar-refractivity contribution in [2.75, 3.05) is 51.0 Å². The van der Waals surface area contributed by atoms with Crippen LogP contribution in [0.2, 0.25) is 0 Å². The quantitative estimate of drug-likeness (QED) is 0.765. The Morgan fingerprint density at radius 1 is 1.50 bits per heavy atom. The number of hydrogen-bond donors (Lipinski definition) is 2. The van der Waals surface area contributed by atoms with Gasteiger partial charge in [-0.25, -0.2) is 0 Å². The maximum Gasteiger partial charge on any atom is 0.225 e. The van der Waals surface area contributed by atoms with Crippen LogP contribution in [0.1, 0.15) is 6.42 Å². The van der Waals surface area contributed by atoms with E-state index in [1.54, 1.807) is 11.0 Å². The molecule has 20 heavy (non-hydrogen) atoms. The molecule has 1 fully saturated rings. The number of carbonyl (C=O) groups excluding carboxylic acids is 1. The largest absolute Gasteiger partial charge is 0.481 e. The van der Waals surface area contributed by atoms with Crippen LogP contribution in [0.5, 0.6) is 5.88 Å². The molecule has 3 N–H and O–H groups in total. The summed E-state index contributed by atoms with van der Waals surface area (Å²) in [6.45, 7) is 3.02. The molecule has 1 aliphatic heterocycles. The van der Waals surface area contributed by atoms with Crippen molar-refractivity contribution in [3.05, 3.63) is 6.07 Å². The maximum absolute atomic E-state index is 11.9. The number of nitrogens with zero attached hydrogens (tertiary/aromatic N) is 3. The Morgan fingerprint density at radius 2 is 2.25 bits per heavy atom. The minimum Gasteiger partial charge on any atom is -0.481 e. The topological polar surface area (TPSA) is 103 Å². The zero-order valence-electron chi connectivity index (χ0n) is 11.5. The third-order valence-corrected chi connectivity index (χ3v) is 2.94. The molecule has 1 aromatic heterocycles. The van der Waals surface area contributed by atoms with Gasteiger partial charge in [-0.1, -0.05) is 0 Å². The van der Waals surface area contributed by atoms with Crippen LogP contribution in [0.3, 0.4) is 0 Å². The Labute approximate surface area is 117 Å². The second-order valence-corrected chi connectivity index (χ2v) is 4.32. The van der Waals surface area contributed by atoms with Crippen molar-refractivity contribution in [3.8, 4) is 5.88 Å². The summed E-state index contributed by atoms with van der Waals surface area (Å²) >= 11 is 0. The van der Waals surface area contributed by atoms with E-state index in [1.165, 1.54) is 7.11 Å². The van der Waals surface area contributed by atoms with E-state index in [4.69, 9.17) is 15.2 Å². The predicted octanol–water partition coefficient (Wildman–Crippen LogP) is -0.272. The molecular weight excluding hydrogens is 262 g/mol. The van der Waals surface area contributed by atoms with Gasteiger partial charge in [-0.15, -0.1) is 0 Å². The highest BCUT2D eigenvalue weighted by atomic mass is 16.5. The number of anilines is 2. The highest BCUT2D eigenvalue weighted by molar-refractivity contribution is 5.76. The number of amides is 1. The van der Waals surface area contributed by atoms with Crippen molar-refractivity contribution in [2.45, 2.75) is 6.42 Å². The van der Waals surface area contributed by atoms with Gasteiger partial charge in [0.25, 0.3) is 0 Å². The number of nitrogen functional groups attached to an aromatic ring is 1. The van der Waals surface area contributed by atoms with Crippen LogP contribution in [0.15, 0.2) is 6.07 Å². The minimum absolute atomic E-state index is 0.106. The Kier molecular flexibility index (Phi) is 4.94. The van der Waals surface area contributed by atoms with Gasteiger partial charge in [0.15, 0.2) is 0 Å². The molecule has 0 atom stereocenters. The van der Waals surface area contributed by atoms with Crippen molar-refractivity contribution in [3.63, 3.8) is 0 Å². The highest BCUT2D eigenvalue weighted by Gasteiger charge is 2.16. The Hall–Kier alpha value is -2.09. The lowest BCUT2D eigenvalue weighted by molar-refractivity contribution is -0.134. The fourth-order valence-corrected chi connectivity index (χ4v) is 1.91. The molecule has 110 valence electrons. The molecule has 8 heteroatoms. The zero-order chi connectivity index (χ0) is 14.4. The van der Waals surface area contributed by atoms with Gasteiger partial charge in [0, 0.05) is 32.1 Å². The number of nitrogens with two attached hydrogens (primary N) is 1. The standard InChI is InChI=1S/C12H19N5O3/c1-19-10-8-9(15-12(13)16-10)14-3-2-11(18)17-4-6-20-7-5-17/h8H,2-7H2,1H3,(H3,13,14,15,16). The summed E-state index contributed by atoms with van der Waals surface area (Å²) in [5.74, 6) is 1.17. The first-order valence-electron chi connectivity index (χ1n) is 6.47. The number of aromatic nitrogens is 2. The van der Waals surface area contributed by atoms with Crippen LogP contribution in [0.4, 0.5) is 11.8 Å². The molecule has 1 aromatic rings. The molecular formula is C12H19N5O3. The molecule has 1 amide bonds. The maximum atomic E-state index is 11.9. The van der Waals surface area contributed by atoms with E-state index in [2.05, 4.69) is 15.3 Å². The first-order chi connectivity index (χ1) is 9.69. The van der Waals surface area contributed by atoms with E-state index in [9.17, 15) is 4.79 Å². The second-order valence-electron chi connectivity index (χ2n) is 4.32. The van der Waals surface area contributed by atoms with Gasteiger partial charge in [-0.05, 0) is 0 Å². The molecule has 2 rings (SSSR count). The second kappa shape index (κ2) is 6.90. The normalized spacial score (nSPS) is 14.9. The molecule has 0 saturated carbocycles. The van der Waals surface area contributed by atoms with Crippen molar-refractivity contribution in [1.82, 2.24) is 14.9 Å². The Bertz CT molecular complexity index is 462. The van der Waals surface area contributed by atoms with Gasteiger partial charge < -0.3 is 25.4 Å². The first-order valence-corrected chi connectivity index (χ1v) is 6.47. The monoisotopic (exact) mass is 281 g/mol. The fourth-order valence-electron chi connectivity index (χ4n) is 1.91. The smallest absolute Gasteiger partial charge is 0.225 e. The first kappa shape index (κ1) is 14.3. The lowest BCUT2D eigenvalue weighted by Gasteiger charge is -2.26. The number of ether oxygens (including phenoxy) is 2. The zero-order valence-corrected chi connectivity index (χ0v) is 11.5. The van der Waals surface area contributed by atoms with Crippen LogP contribution < -0.4 is 15.8 Å². The fraction of sp³-hybridized carbons (Fsp3) is 0.583. The average Bonchev–Trinajstić information content (AvgIpc) is 2.47. The molecule has 2 heterocycles. The van der Waals surface area contributed by atoms with Crippen LogP contribution >= 0.6 is 0 Å². The average molecular weight is 281 g/mol. The minimum atomic E-state index is 0.106. The van der Waals surface area contributed by atoms with Crippen molar-refractivity contribution < 1.29 is 14.3 Å². The van der Waals surface area contributed by atoms with Crippen molar-refractivity contribution in [1.29, 1.82) is 0 Å². The van der Waals surface area contributed by atoms with Gasteiger partial charge in [-0.2, -0.15) is 9.97 Å². The number of carbonyl (C=O) groups is 1. The molecule has 0 bridgehead atoms. The van der Waals surface area contributed by atoms with Gasteiger partial charge in [0.05, 0.1) is 20.3 Å². The van der Waals surface area contributed by atoms with Gasteiger partial charge >= 0.3 is 0 Å². The van der Waals surface area contributed by atoms with Gasteiger partial charge in [0.2, 0.25) is 17.7 Å². The number of morpholine rings is 1. The molecule has 1 saturated heterocycles. The third kappa shape index (κ3) is 3.95. The van der Waals surface area contributed by atoms with Crippen LogP contribution in [0, 0.1) is 0 Å². The summed E-state index contributed by atoms with van der Waals surface area (Å²) in [5, 5.41) is 3.04. The number of hydrogen-bond acceptors (Lipinski definition) is 7. The molecule has 1 aliphatic rings. The summed E-state index contributed by atoms with van der Waals surface area (Å²) in [6.07, 6.45) is 0.395.